The summed E-state index contributed by atoms with van der Waals surface area (Å²) in [4.78, 5) is 38.7. The van der Waals surface area contributed by atoms with Gasteiger partial charge in [0.25, 0.3) is 0 Å². The highest BCUT2D eigenvalue weighted by molar-refractivity contribution is 7.16. The van der Waals surface area contributed by atoms with Gasteiger partial charge in [0.15, 0.2) is 6.79 Å². The molecule has 6 aromatic rings. The molecular formula is C53H60O7S2. The van der Waals surface area contributed by atoms with Gasteiger partial charge in [0.05, 0.1) is 19.3 Å². The summed E-state index contributed by atoms with van der Waals surface area (Å²) in [6.07, 6.45) is 12.8. The Kier molecular flexibility index (Phi) is 17.5. The summed E-state index contributed by atoms with van der Waals surface area (Å²) < 4.78 is 25.2. The van der Waals surface area contributed by atoms with E-state index in [1.807, 2.05) is 48.5 Å². The number of benzene rings is 4. The van der Waals surface area contributed by atoms with Crippen molar-refractivity contribution >= 4 is 48.8 Å². The largest absolute Gasteiger partial charge is 0.493 e. The second kappa shape index (κ2) is 23.4. The van der Waals surface area contributed by atoms with Gasteiger partial charge in [0.1, 0.15) is 11.5 Å². The Morgan fingerprint density at radius 3 is 1.53 bits per heavy atom. The van der Waals surface area contributed by atoms with Crippen molar-refractivity contribution in [2.75, 3.05) is 20.0 Å². The molecule has 0 amide bonds. The molecule has 0 N–H and O–H groups in total. The van der Waals surface area contributed by atoms with E-state index >= 15 is 0 Å². The van der Waals surface area contributed by atoms with Crippen LogP contribution < -0.4 is 19.0 Å². The fraction of sp³-hybridized carbons (Fsp3) is 0.377. The molecule has 0 saturated heterocycles. The summed E-state index contributed by atoms with van der Waals surface area (Å²) in [5.41, 5.74) is 8.56. The molecule has 0 saturated carbocycles. The average Bonchev–Trinajstić information content (AvgIpc) is 3.28. The van der Waals surface area contributed by atoms with Gasteiger partial charge in [0.2, 0.25) is 9.48 Å². The van der Waals surface area contributed by atoms with Crippen LogP contribution in [0.3, 0.4) is 0 Å². The predicted molar refractivity (Wildman–Crippen MR) is 259 cm³/mol. The zero-order valence-electron chi connectivity index (χ0n) is 36.7. The lowest BCUT2D eigenvalue weighted by Crippen LogP contribution is -2.22. The van der Waals surface area contributed by atoms with Gasteiger partial charge >= 0.3 is 5.97 Å². The molecule has 6 rings (SSSR count). The molecule has 0 aliphatic rings. The van der Waals surface area contributed by atoms with Gasteiger partial charge in [-0.3, -0.25) is 9.59 Å². The molecule has 0 fully saturated rings. The van der Waals surface area contributed by atoms with Gasteiger partial charge in [-0.25, -0.2) is 4.79 Å². The SMILES string of the molecule is C=CC(=O)OCOC(CCOc1ccc2cc(-c3ccc(CCCCC)cc3CC)c(=O)sc2c1)CCOc1ccc2cc(-c3ccc(CCCCC)cc3CC)c(=O)sc2c1. The third-order valence-electron chi connectivity index (χ3n) is 11.3. The standard InChI is InChI=1S/C53H60O7S2/c1-6-11-13-15-36-17-23-45(38(8-3)29-36)47-31-40-19-21-43(33-49(40)61-52(47)55)57-27-25-42(59-35-60-51(54)10-5)26-28-58-44-22-20-41-32-48(53(56)62-50(41)34-44)46-24-18-37(16-14-12-7-2)30-39(46)9-4/h10,17-24,29-34,42H,5-9,11-16,25-28,35H2,1-4H3. The maximum absolute atomic E-state index is 13.5. The van der Waals surface area contributed by atoms with Crippen molar-refractivity contribution in [3.8, 4) is 33.8 Å². The minimum atomic E-state index is -0.566. The third kappa shape index (κ3) is 12.5. The number of ether oxygens (including phenoxy) is 4. The Bertz CT molecular complexity index is 2410. The molecular weight excluding hydrogens is 813 g/mol. The fourth-order valence-electron chi connectivity index (χ4n) is 7.79. The first-order valence-corrected chi connectivity index (χ1v) is 23.9. The van der Waals surface area contributed by atoms with E-state index in [0.717, 1.165) is 74.2 Å². The van der Waals surface area contributed by atoms with E-state index in [4.69, 9.17) is 18.9 Å². The zero-order valence-corrected chi connectivity index (χ0v) is 38.4. The minimum absolute atomic E-state index is 0.0279. The summed E-state index contributed by atoms with van der Waals surface area (Å²) in [6.45, 7) is 12.6. The van der Waals surface area contributed by atoms with E-state index < -0.39 is 5.97 Å². The maximum atomic E-state index is 13.5. The van der Waals surface area contributed by atoms with Crippen molar-refractivity contribution in [2.24, 2.45) is 0 Å². The van der Waals surface area contributed by atoms with E-state index in [0.29, 0.717) is 37.6 Å². The molecule has 2 heterocycles. The number of rotatable bonds is 24. The lowest BCUT2D eigenvalue weighted by Gasteiger charge is -2.18. The van der Waals surface area contributed by atoms with Crippen molar-refractivity contribution in [3.63, 3.8) is 0 Å². The molecule has 326 valence electrons. The molecule has 2 aromatic heterocycles. The molecule has 0 spiro atoms. The van der Waals surface area contributed by atoms with E-state index in [9.17, 15) is 14.4 Å². The van der Waals surface area contributed by atoms with E-state index in [-0.39, 0.29) is 22.4 Å². The number of carbonyl (C=O) groups is 1. The van der Waals surface area contributed by atoms with Crippen LogP contribution in [0.15, 0.2) is 107 Å². The Morgan fingerprint density at radius 2 is 1.10 bits per heavy atom. The summed E-state index contributed by atoms with van der Waals surface area (Å²) in [5, 5.41) is 1.98. The highest BCUT2D eigenvalue weighted by Gasteiger charge is 2.16. The molecule has 62 heavy (non-hydrogen) atoms. The molecule has 4 aromatic carbocycles. The molecule has 0 aliphatic heterocycles. The van der Waals surface area contributed by atoms with Crippen LogP contribution in [0.5, 0.6) is 11.5 Å². The summed E-state index contributed by atoms with van der Waals surface area (Å²) in [5.74, 6) is 0.746. The van der Waals surface area contributed by atoms with Gasteiger partial charge in [-0.05, 0) is 131 Å². The quantitative estimate of drug-likeness (QED) is 0.0259. The number of unbranched alkanes of at least 4 members (excludes halogenated alkanes) is 4. The van der Waals surface area contributed by atoms with Crippen LogP contribution in [0.2, 0.25) is 0 Å². The van der Waals surface area contributed by atoms with E-state index in [1.165, 1.54) is 83.5 Å². The number of fused-ring (bicyclic) bond motifs is 2. The molecule has 0 bridgehead atoms. The Labute approximate surface area is 374 Å². The van der Waals surface area contributed by atoms with Crippen molar-refractivity contribution in [3.05, 3.63) is 139 Å². The van der Waals surface area contributed by atoms with Crippen LogP contribution in [-0.2, 0) is 40.0 Å². The van der Waals surface area contributed by atoms with Gasteiger partial charge < -0.3 is 18.9 Å². The lowest BCUT2D eigenvalue weighted by molar-refractivity contribution is -0.156. The average molecular weight is 873 g/mol. The molecule has 0 atom stereocenters. The monoisotopic (exact) mass is 872 g/mol. The lowest BCUT2D eigenvalue weighted by atomic mass is 9.95. The summed E-state index contributed by atoms with van der Waals surface area (Å²) in [6, 6.07) is 28.8. The second-order valence-electron chi connectivity index (χ2n) is 15.7. The van der Waals surface area contributed by atoms with Gasteiger partial charge in [-0.2, -0.15) is 0 Å². The van der Waals surface area contributed by atoms with Crippen molar-refractivity contribution in [1.29, 1.82) is 0 Å². The highest BCUT2D eigenvalue weighted by Crippen LogP contribution is 2.32. The first kappa shape index (κ1) is 46.4. The third-order valence-corrected chi connectivity index (χ3v) is 13.3. The summed E-state index contributed by atoms with van der Waals surface area (Å²) >= 11 is 2.48. The van der Waals surface area contributed by atoms with Crippen LogP contribution in [0.1, 0.15) is 101 Å². The summed E-state index contributed by atoms with van der Waals surface area (Å²) in [7, 11) is 0. The first-order chi connectivity index (χ1) is 30.2. The van der Waals surface area contributed by atoms with Crippen molar-refractivity contribution in [1.82, 2.24) is 0 Å². The normalized spacial score (nSPS) is 11.4. The number of carbonyl (C=O) groups excluding carboxylic acids is 1. The first-order valence-electron chi connectivity index (χ1n) is 22.3. The smallest absolute Gasteiger partial charge is 0.332 e. The van der Waals surface area contributed by atoms with Crippen LogP contribution in [0.4, 0.5) is 0 Å². The number of aryl methyl sites for hydroxylation is 4. The van der Waals surface area contributed by atoms with E-state index in [1.54, 1.807) is 0 Å². The van der Waals surface area contributed by atoms with Gasteiger partial charge in [-0.15, -0.1) is 0 Å². The van der Waals surface area contributed by atoms with Crippen LogP contribution in [0, 0.1) is 0 Å². The Hall–Kier alpha value is -5.09. The predicted octanol–water partition coefficient (Wildman–Crippen LogP) is 13.1. The number of esters is 1. The van der Waals surface area contributed by atoms with Crippen LogP contribution in [-0.4, -0.2) is 32.1 Å². The van der Waals surface area contributed by atoms with Crippen LogP contribution >= 0.6 is 22.7 Å². The topological polar surface area (TPSA) is 88.1 Å². The molecule has 0 unspecified atom stereocenters. The van der Waals surface area contributed by atoms with Crippen LogP contribution in [0.25, 0.3) is 42.4 Å². The highest BCUT2D eigenvalue weighted by atomic mass is 32.1. The van der Waals surface area contributed by atoms with E-state index in [2.05, 4.69) is 70.7 Å². The number of hydrogen-bond acceptors (Lipinski definition) is 9. The molecule has 0 radical (unpaired) electrons. The Morgan fingerprint density at radius 1 is 0.613 bits per heavy atom. The zero-order chi connectivity index (χ0) is 43.8. The van der Waals surface area contributed by atoms with Gasteiger partial charge in [0, 0.05) is 39.4 Å². The molecule has 7 nitrogen and oxygen atoms in total. The number of hydrogen-bond donors (Lipinski definition) is 0. The molecule has 0 aliphatic carbocycles. The molecule has 9 heteroatoms. The fourth-order valence-corrected chi connectivity index (χ4v) is 9.58. The Balaban J connectivity index is 1.08. The van der Waals surface area contributed by atoms with Gasteiger partial charge in [-0.1, -0.05) is 119 Å². The second-order valence-corrected chi connectivity index (χ2v) is 17.8. The van der Waals surface area contributed by atoms with Crippen molar-refractivity contribution in [2.45, 2.75) is 111 Å². The maximum Gasteiger partial charge on any atom is 0.332 e. The minimum Gasteiger partial charge on any atom is -0.493 e. The van der Waals surface area contributed by atoms with Crippen molar-refractivity contribution < 1.29 is 23.7 Å².